The molecule has 0 heterocycles. The second-order valence-electron chi connectivity index (χ2n) is 7.18. The van der Waals surface area contributed by atoms with Crippen LogP contribution in [0.25, 0.3) is 0 Å². The molecule has 0 saturated heterocycles. The van der Waals surface area contributed by atoms with Crippen molar-refractivity contribution in [3.63, 3.8) is 0 Å². The summed E-state index contributed by atoms with van der Waals surface area (Å²) in [6.07, 6.45) is 16.3. The van der Waals surface area contributed by atoms with Gasteiger partial charge in [-0.2, -0.15) is 8.42 Å². The first-order chi connectivity index (χ1) is 12.9. The number of carboxylic acids is 2. The van der Waals surface area contributed by atoms with Crippen LogP contribution in [0.4, 0.5) is 0 Å². The summed E-state index contributed by atoms with van der Waals surface area (Å²) in [6, 6.07) is 0. The van der Waals surface area contributed by atoms with E-state index < -0.39 is 33.0 Å². The average molecular weight is 405 g/mol. The molecule has 0 amide bonds. The smallest absolute Gasteiger partial charge is 0.348 e. The molecule has 2 N–H and O–H groups in total. The summed E-state index contributed by atoms with van der Waals surface area (Å²) < 4.78 is 21.9. The number of hydrogen-bond acceptors (Lipinski definition) is 4. The topological polar surface area (TPSA) is 109 Å². The number of carboxylic acid groups (broad SMARTS) is 2. The van der Waals surface area contributed by atoms with E-state index in [0.29, 0.717) is 6.42 Å². The lowest BCUT2D eigenvalue weighted by Crippen LogP contribution is -2.31. The maximum atomic E-state index is 11.2. The van der Waals surface area contributed by atoms with Crippen LogP contribution in [0, 0.1) is 5.92 Å². The van der Waals surface area contributed by atoms with Crippen LogP contribution in [0.5, 0.6) is 0 Å². The predicted molar refractivity (Wildman–Crippen MR) is 108 cm³/mol. The van der Waals surface area contributed by atoms with E-state index in [1.807, 2.05) is 0 Å². The molecule has 1 atom stereocenters. The van der Waals surface area contributed by atoms with Crippen molar-refractivity contribution in [1.82, 2.24) is 0 Å². The van der Waals surface area contributed by atoms with Crippen molar-refractivity contribution < 1.29 is 28.2 Å². The molecule has 0 spiro atoms. The third-order valence-electron chi connectivity index (χ3n) is 4.85. The van der Waals surface area contributed by atoms with E-state index in [1.165, 1.54) is 57.8 Å². The van der Waals surface area contributed by atoms with Gasteiger partial charge in [0.05, 0.1) is 0 Å². The number of aliphatic carboxylic acids is 2. The Labute approximate surface area is 164 Å². The fourth-order valence-corrected chi connectivity index (χ4v) is 3.84. The molecule has 0 aliphatic carbocycles. The Morgan fingerprint density at radius 1 is 0.704 bits per heavy atom. The first-order valence-corrected chi connectivity index (χ1v) is 11.4. The van der Waals surface area contributed by atoms with E-state index in [-0.39, 0.29) is 6.42 Å². The van der Waals surface area contributed by atoms with Crippen LogP contribution < -0.4 is 0 Å². The maximum absolute atomic E-state index is 11.2. The van der Waals surface area contributed by atoms with E-state index in [4.69, 9.17) is 10.2 Å². The largest absolute Gasteiger partial charge is 0.481 e. The minimum Gasteiger partial charge on any atom is -0.481 e. The van der Waals surface area contributed by atoms with Gasteiger partial charge in [0, 0.05) is 0 Å². The Morgan fingerprint density at radius 3 is 1.37 bits per heavy atom. The quantitative estimate of drug-likeness (QED) is 0.253. The summed E-state index contributed by atoms with van der Waals surface area (Å²) in [6.45, 7) is 2.23. The highest BCUT2D eigenvalue weighted by Crippen LogP contribution is 2.16. The van der Waals surface area contributed by atoms with Crippen LogP contribution in [-0.2, 0) is 19.9 Å². The summed E-state index contributed by atoms with van der Waals surface area (Å²) >= 11 is 0. The molecule has 0 aromatic heterocycles. The van der Waals surface area contributed by atoms with Crippen molar-refractivity contribution in [2.75, 3.05) is 0 Å². The van der Waals surface area contributed by atoms with Crippen molar-refractivity contribution in [3.8, 4) is 0 Å². The van der Waals surface area contributed by atoms with Gasteiger partial charge in [0.25, 0.3) is 0 Å². The van der Waals surface area contributed by atoms with Gasteiger partial charge in [-0.15, -0.1) is 0 Å². The first-order valence-electron chi connectivity index (χ1n) is 10.3. The second kappa shape index (κ2) is 16.8. The first kappa shape index (κ1) is 25.6. The lowest BCUT2D eigenvalue weighted by atomic mass is 9.97. The molecule has 27 heavy (non-hydrogen) atoms. The van der Waals surface area contributed by atoms with Crippen molar-refractivity contribution >= 4 is 27.1 Å². The van der Waals surface area contributed by atoms with Gasteiger partial charge in [-0.3, -0.25) is 4.79 Å². The fourth-order valence-electron chi connectivity index (χ4n) is 3.25. The van der Waals surface area contributed by atoms with E-state index in [2.05, 4.69) is 6.92 Å². The fraction of sp³-hybridized carbons (Fsp3) is 0.850. The van der Waals surface area contributed by atoms with Crippen LogP contribution in [0.2, 0.25) is 0 Å². The second-order valence-corrected chi connectivity index (χ2v) is 8.09. The van der Waals surface area contributed by atoms with Gasteiger partial charge in [-0.05, 0) is 6.42 Å². The molecule has 0 radical (unpaired) electrons. The number of unbranched alkanes of at least 4 members (excludes halogenated alkanes) is 13. The monoisotopic (exact) mass is 404 g/mol. The highest BCUT2D eigenvalue weighted by atomic mass is 32.2. The SMILES string of the molecule is CCCCCCCCCCCCCCCCC(C(=O)O)C(C(=O)O)=S(=O)=O. The van der Waals surface area contributed by atoms with Crippen LogP contribution in [0.3, 0.4) is 0 Å². The predicted octanol–water partition coefficient (Wildman–Crippen LogP) is 4.69. The van der Waals surface area contributed by atoms with Crippen LogP contribution >= 0.6 is 0 Å². The van der Waals surface area contributed by atoms with Crippen molar-refractivity contribution in [1.29, 1.82) is 0 Å². The molecule has 0 aromatic carbocycles. The molecule has 0 aliphatic heterocycles. The van der Waals surface area contributed by atoms with Gasteiger partial charge in [0.1, 0.15) is 5.92 Å². The third-order valence-corrected chi connectivity index (χ3v) is 5.67. The van der Waals surface area contributed by atoms with Gasteiger partial charge in [0.2, 0.25) is 10.3 Å². The van der Waals surface area contributed by atoms with Gasteiger partial charge in [0.15, 0.2) is 4.86 Å². The minimum atomic E-state index is -3.02. The molecule has 0 fully saturated rings. The standard InChI is InChI=1S/C20H36O6S/c1-2-3-4-5-6-7-8-9-10-11-12-13-14-15-16-17(19(21)22)18(20(23)24)27(25)26/h17H,2-16H2,1H3,(H,21,22)(H,23,24). The van der Waals surface area contributed by atoms with Gasteiger partial charge < -0.3 is 10.2 Å². The molecule has 0 aromatic rings. The van der Waals surface area contributed by atoms with Gasteiger partial charge in [-0.25, -0.2) is 4.79 Å². The molecule has 0 bridgehead atoms. The molecule has 0 saturated carbocycles. The van der Waals surface area contributed by atoms with E-state index in [9.17, 15) is 18.0 Å². The average Bonchev–Trinajstić information content (AvgIpc) is 2.60. The zero-order chi connectivity index (χ0) is 20.5. The van der Waals surface area contributed by atoms with Crippen molar-refractivity contribution in [2.45, 2.75) is 103 Å². The number of rotatable bonds is 18. The normalized spacial score (nSPS) is 11.9. The van der Waals surface area contributed by atoms with Crippen LogP contribution in [-0.4, -0.2) is 35.4 Å². The Hall–Kier alpha value is -1.37. The molecule has 6 nitrogen and oxygen atoms in total. The lowest BCUT2D eigenvalue weighted by Gasteiger charge is -2.10. The maximum Gasteiger partial charge on any atom is 0.348 e. The number of carbonyl (C=O) groups is 2. The summed E-state index contributed by atoms with van der Waals surface area (Å²) in [5.41, 5.74) is 0. The Bertz CT molecular complexity index is 545. The van der Waals surface area contributed by atoms with E-state index >= 15 is 0 Å². The molecule has 7 heteroatoms. The van der Waals surface area contributed by atoms with Crippen molar-refractivity contribution in [2.24, 2.45) is 5.92 Å². The lowest BCUT2D eigenvalue weighted by molar-refractivity contribution is -0.141. The molecule has 0 rings (SSSR count). The highest BCUT2D eigenvalue weighted by Gasteiger charge is 2.30. The highest BCUT2D eigenvalue weighted by molar-refractivity contribution is 7.74. The third kappa shape index (κ3) is 13.4. The molecular weight excluding hydrogens is 368 g/mol. The zero-order valence-electron chi connectivity index (χ0n) is 16.6. The number of hydrogen-bond donors (Lipinski definition) is 2. The van der Waals surface area contributed by atoms with Crippen LogP contribution in [0.15, 0.2) is 0 Å². The van der Waals surface area contributed by atoms with E-state index in [1.54, 1.807) is 0 Å². The summed E-state index contributed by atoms with van der Waals surface area (Å²) in [5.74, 6) is -4.54. The Kier molecular flexibility index (Phi) is 15.9. The Balaban J connectivity index is 3.74. The molecule has 1 unspecified atom stereocenters. The van der Waals surface area contributed by atoms with E-state index in [0.717, 1.165) is 25.7 Å². The zero-order valence-corrected chi connectivity index (χ0v) is 17.4. The minimum absolute atomic E-state index is 0.0446. The Morgan fingerprint density at radius 2 is 1.07 bits per heavy atom. The van der Waals surface area contributed by atoms with Gasteiger partial charge in [-0.1, -0.05) is 96.8 Å². The molecule has 158 valence electrons. The molecule has 0 aliphatic rings. The summed E-state index contributed by atoms with van der Waals surface area (Å²) in [5, 5.41) is 18.0. The summed E-state index contributed by atoms with van der Waals surface area (Å²) in [7, 11) is -3.02. The molecular formula is C20H36O6S. The summed E-state index contributed by atoms with van der Waals surface area (Å²) in [4.78, 5) is 21.2. The van der Waals surface area contributed by atoms with Crippen molar-refractivity contribution in [3.05, 3.63) is 0 Å². The van der Waals surface area contributed by atoms with Gasteiger partial charge >= 0.3 is 11.9 Å². The van der Waals surface area contributed by atoms with Crippen LogP contribution in [0.1, 0.15) is 103 Å².